The maximum atomic E-state index is 12.8. The number of benzene rings is 2. The highest BCUT2D eigenvalue weighted by Gasteiger charge is 2.31. The second kappa shape index (κ2) is 10.4. The van der Waals surface area contributed by atoms with Gasteiger partial charge in [-0.15, -0.1) is 6.58 Å². The first kappa shape index (κ1) is 24.4. The van der Waals surface area contributed by atoms with Crippen molar-refractivity contribution in [3.8, 4) is 11.3 Å². The topological polar surface area (TPSA) is 127 Å². The number of carboxylic acid groups (broad SMARTS) is 2. The van der Waals surface area contributed by atoms with E-state index in [0.29, 0.717) is 29.7 Å². The first-order valence-corrected chi connectivity index (χ1v) is 9.11. The first-order valence-electron chi connectivity index (χ1n) is 9.11. The molecule has 1 aromatic heterocycles. The lowest BCUT2D eigenvalue weighted by atomic mass is 9.95. The molecule has 168 valence electrons. The van der Waals surface area contributed by atoms with E-state index < -0.39 is 23.7 Å². The van der Waals surface area contributed by atoms with Crippen molar-refractivity contribution in [2.45, 2.75) is 18.6 Å². The van der Waals surface area contributed by atoms with Crippen LogP contribution in [-0.2, 0) is 15.8 Å². The minimum absolute atomic E-state index is 0.0897. The minimum Gasteiger partial charge on any atom is -0.478 e. The van der Waals surface area contributed by atoms with Crippen molar-refractivity contribution in [1.82, 2.24) is 5.16 Å². The number of carbonyl (C=O) groups is 2. The molecule has 10 heteroatoms. The van der Waals surface area contributed by atoms with Gasteiger partial charge in [-0.1, -0.05) is 35.5 Å². The summed E-state index contributed by atoms with van der Waals surface area (Å²) < 4.78 is 43.6. The molecule has 0 aliphatic heterocycles. The summed E-state index contributed by atoms with van der Waals surface area (Å²) in [4.78, 5) is 19.1. The van der Waals surface area contributed by atoms with E-state index in [0.717, 1.165) is 23.3 Å². The summed E-state index contributed by atoms with van der Waals surface area (Å²) in [5.74, 6) is -2.51. The van der Waals surface area contributed by atoms with Gasteiger partial charge < -0.3 is 20.5 Å². The third-order valence-corrected chi connectivity index (χ3v) is 4.20. The van der Waals surface area contributed by atoms with E-state index in [1.807, 2.05) is 24.3 Å². The molecule has 0 saturated heterocycles. The zero-order chi connectivity index (χ0) is 23.9. The Balaban J connectivity index is 0.000000390. The number of carboxylic acids is 2. The van der Waals surface area contributed by atoms with Crippen molar-refractivity contribution >= 4 is 22.9 Å². The predicted molar refractivity (Wildman–Crippen MR) is 111 cm³/mol. The fourth-order valence-electron chi connectivity index (χ4n) is 2.79. The highest BCUT2D eigenvalue weighted by atomic mass is 19.4. The lowest BCUT2D eigenvalue weighted by Crippen LogP contribution is -2.10. The van der Waals surface area contributed by atoms with Crippen LogP contribution in [0.1, 0.15) is 23.6 Å². The second-order valence-corrected chi connectivity index (χ2v) is 6.47. The van der Waals surface area contributed by atoms with Gasteiger partial charge in [0.2, 0.25) is 0 Å². The lowest BCUT2D eigenvalue weighted by molar-refractivity contribution is -0.137. The Kier molecular flexibility index (Phi) is 7.92. The molecule has 0 aliphatic rings. The average molecular weight is 448 g/mol. The highest BCUT2D eigenvalue weighted by molar-refractivity contribution is 5.93. The van der Waals surface area contributed by atoms with E-state index >= 15 is 0 Å². The molecule has 3 aromatic rings. The van der Waals surface area contributed by atoms with E-state index in [4.69, 9.17) is 20.5 Å². The number of hydrogen-bond acceptors (Lipinski definition) is 5. The Morgan fingerprint density at radius 3 is 2.31 bits per heavy atom. The van der Waals surface area contributed by atoms with Crippen LogP contribution >= 0.6 is 0 Å². The van der Waals surface area contributed by atoms with Crippen LogP contribution in [0.4, 0.5) is 13.2 Å². The predicted octanol–water partition coefficient (Wildman–Crippen LogP) is 4.80. The molecule has 0 amide bonds. The van der Waals surface area contributed by atoms with E-state index in [9.17, 15) is 22.8 Å². The third kappa shape index (κ3) is 6.29. The first-order chi connectivity index (χ1) is 15.0. The molecule has 3 rings (SSSR count). The van der Waals surface area contributed by atoms with Crippen LogP contribution in [0.2, 0.25) is 0 Å². The van der Waals surface area contributed by atoms with Gasteiger partial charge in [-0.2, -0.15) is 13.2 Å². The number of nitrogens with zero attached hydrogens (tertiary/aromatic N) is 1. The molecule has 1 unspecified atom stereocenters. The normalized spacial score (nSPS) is 12.2. The molecule has 0 fully saturated rings. The quantitative estimate of drug-likeness (QED) is 0.365. The molecule has 0 spiro atoms. The summed E-state index contributed by atoms with van der Waals surface area (Å²) >= 11 is 0. The van der Waals surface area contributed by atoms with Gasteiger partial charge in [-0.3, -0.25) is 0 Å². The van der Waals surface area contributed by atoms with Gasteiger partial charge in [0.1, 0.15) is 5.69 Å². The standard InChI is InChI=1S/C18H15F3N2O.C4H4O4/c1-2-5-15(22)12-6-3-4-7-13(12)17-14-9-8-11(18(19,20)21)10-16(14)24-23-17;5-3(6)1-2-4(7)8/h2-4,6-10,15H,1,5,22H2;1-2H,(H,5,6)(H,7,8)/b;2-1+. The number of rotatable bonds is 6. The number of aliphatic carboxylic acids is 2. The third-order valence-electron chi connectivity index (χ3n) is 4.20. The smallest absolute Gasteiger partial charge is 0.416 e. The molecule has 0 bridgehead atoms. The van der Waals surface area contributed by atoms with Crippen molar-refractivity contribution in [1.29, 1.82) is 0 Å². The van der Waals surface area contributed by atoms with E-state index in [1.54, 1.807) is 6.08 Å². The summed E-state index contributed by atoms with van der Waals surface area (Å²) in [7, 11) is 0. The fraction of sp³-hybridized carbons (Fsp3) is 0.136. The van der Waals surface area contributed by atoms with Crippen LogP contribution in [0.15, 0.2) is 71.8 Å². The van der Waals surface area contributed by atoms with Crippen molar-refractivity contribution in [2.75, 3.05) is 0 Å². The molecule has 4 N–H and O–H groups in total. The molecule has 32 heavy (non-hydrogen) atoms. The number of hydrogen-bond donors (Lipinski definition) is 3. The molecule has 7 nitrogen and oxygen atoms in total. The van der Waals surface area contributed by atoms with Gasteiger partial charge in [0.25, 0.3) is 0 Å². The maximum absolute atomic E-state index is 12.8. The molecule has 0 saturated carbocycles. The Bertz CT molecular complexity index is 1140. The lowest BCUT2D eigenvalue weighted by Gasteiger charge is -2.13. The Morgan fingerprint density at radius 2 is 1.75 bits per heavy atom. The molecule has 1 atom stereocenters. The van der Waals surface area contributed by atoms with Gasteiger partial charge in [-0.05, 0) is 30.2 Å². The molecule has 0 radical (unpaired) electrons. The van der Waals surface area contributed by atoms with Gasteiger partial charge >= 0.3 is 18.1 Å². The molecular formula is C22H19F3N2O5. The van der Waals surface area contributed by atoms with Crippen LogP contribution in [0, 0.1) is 0 Å². The van der Waals surface area contributed by atoms with Crippen molar-refractivity contribution in [3.63, 3.8) is 0 Å². The molecule has 1 heterocycles. The SMILES string of the molecule is C=CCC(N)c1ccccc1-c1noc2cc(C(F)(F)F)ccc12.O=C(O)/C=C/C(=O)O. The van der Waals surface area contributed by atoms with Crippen LogP contribution < -0.4 is 5.73 Å². The summed E-state index contributed by atoms with van der Waals surface area (Å²) in [5, 5.41) is 20.1. The largest absolute Gasteiger partial charge is 0.478 e. The summed E-state index contributed by atoms with van der Waals surface area (Å²) in [6.45, 7) is 3.68. The van der Waals surface area contributed by atoms with Crippen molar-refractivity contribution in [3.05, 3.63) is 78.4 Å². The summed E-state index contributed by atoms with van der Waals surface area (Å²) in [6.07, 6.45) is -1.01. The van der Waals surface area contributed by atoms with Crippen LogP contribution in [-0.4, -0.2) is 27.3 Å². The highest BCUT2D eigenvalue weighted by Crippen LogP contribution is 2.36. The van der Waals surface area contributed by atoms with Crippen LogP contribution in [0.5, 0.6) is 0 Å². The number of alkyl halides is 3. The van der Waals surface area contributed by atoms with Gasteiger partial charge in [-0.25, -0.2) is 9.59 Å². The monoisotopic (exact) mass is 448 g/mol. The van der Waals surface area contributed by atoms with Crippen LogP contribution in [0.3, 0.4) is 0 Å². The number of aromatic nitrogens is 1. The van der Waals surface area contributed by atoms with Gasteiger partial charge in [0.05, 0.1) is 5.56 Å². The Labute approximate surface area is 180 Å². The Morgan fingerprint density at radius 1 is 1.12 bits per heavy atom. The fourth-order valence-corrected chi connectivity index (χ4v) is 2.79. The summed E-state index contributed by atoms with van der Waals surface area (Å²) in [6, 6.07) is 10.4. The van der Waals surface area contributed by atoms with Gasteiger partial charge in [0, 0.05) is 29.1 Å². The second-order valence-electron chi connectivity index (χ2n) is 6.47. The average Bonchev–Trinajstić information content (AvgIpc) is 3.15. The number of fused-ring (bicyclic) bond motifs is 1. The number of halogens is 3. The van der Waals surface area contributed by atoms with Crippen molar-refractivity contribution < 1.29 is 37.5 Å². The maximum Gasteiger partial charge on any atom is 0.416 e. The zero-order valence-corrected chi connectivity index (χ0v) is 16.5. The molecule has 2 aromatic carbocycles. The van der Waals surface area contributed by atoms with E-state index in [-0.39, 0.29) is 11.6 Å². The number of nitrogens with two attached hydrogens (primary N) is 1. The van der Waals surface area contributed by atoms with Crippen molar-refractivity contribution in [2.24, 2.45) is 5.73 Å². The molecule has 0 aliphatic carbocycles. The van der Waals surface area contributed by atoms with Crippen LogP contribution in [0.25, 0.3) is 22.2 Å². The van der Waals surface area contributed by atoms with Gasteiger partial charge in [0.15, 0.2) is 5.58 Å². The minimum atomic E-state index is -4.43. The molecular weight excluding hydrogens is 429 g/mol. The zero-order valence-electron chi connectivity index (χ0n) is 16.5. The van der Waals surface area contributed by atoms with E-state index in [1.165, 1.54) is 6.07 Å². The summed E-state index contributed by atoms with van der Waals surface area (Å²) in [5.41, 5.74) is 7.54. The Hall–Kier alpha value is -3.92. The van der Waals surface area contributed by atoms with E-state index in [2.05, 4.69) is 11.7 Å².